The Bertz CT molecular complexity index is 1450. The number of fused-ring (bicyclic) bond motifs is 1. The topological polar surface area (TPSA) is 65.7 Å². The number of benzene rings is 3. The summed E-state index contributed by atoms with van der Waals surface area (Å²) in [7, 11) is 1.55. The SMILES string of the molecule is CCCc1nc2ccc(Br)cc2c(=O)n1N=Cc1cc(Cl)cc(OC)c1OCc1ccc(Br)cc1. The van der Waals surface area contributed by atoms with E-state index < -0.39 is 0 Å². The Morgan fingerprint density at radius 3 is 2.54 bits per heavy atom. The molecule has 1 heterocycles. The van der Waals surface area contributed by atoms with Gasteiger partial charge in [0.25, 0.3) is 5.56 Å². The van der Waals surface area contributed by atoms with Crippen molar-refractivity contribution >= 4 is 60.6 Å². The predicted molar refractivity (Wildman–Crippen MR) is 147 cm³/mol. The van der Waals surface area contributed by atoms with Gasteiger partial charge in [0.1, 0.15) is 12.4 Å². The average molecular weight is 620 g/mol. The van der Waals surface area contributed by atoms with E-state index in [2.05, 4.69) is 41.9 Å². The third-order valence-corrected chi connectivity index (χ3v) is 6.47. The normalized spacial score (nSPS) is 11.3. The van der Waals surface area contributed by atoms with Gasteiger partial charge in [-0.15, -0.1) is 0 Å². The van der Waals surface area contributed by atoms with Crippen LogP contribution in [0, 0.1) is 0 Å². The van der Waals surface area contributed by atoms with Crippen LogP contribution in [0.1, 0.15) is 30.3 Å². The van der Waals surface area contributed by atoms with Crippen molar-refractivity contribution in [1.29, 1.82) is 0 Å². The second-order valence-corrected chi connectivity index (χ2v) is 10.0. The molecule has 0 N–H and O–H groups in total. The van der Waals surface area contributed by atoms with Crippen LogP contribution in [-0.4, -0.2) is 23.0 Å². The fourth-order valence-corrected chi connectivity index (χ4v) is 4.39. The van der Waals surface area contributed by atoms with Crippen molar-refractivity contribution in [1.82, 2.24) is 9.66 Å². The third kappa shape index (κ3) is 5.94. The van der Waals surface area contributed by atoms with Crippen LogP contribution >= 0.6 is 43.5 Å². The number of hydrogen-bond donors (Lipinski definition) is 0. The van der Waals surface area contributed by atoms with Gasteiger partial charge in [-0.3, -0.25) is 4.79 Å². The number of hydrogen-bond acceptors (Lipinski definition) is 5. The van der Waals surface area contributed by atoms with E-state index in [1.165, 1.54) is 4.68 Å². The Morgan fingerprint density at radius 2 is 1.83 bits per heavy atom. The zero-order valence-corrected chi connectivity index (χ0v) is 23.0. The Balaban J connectivity index is 1.77. The minimum atomic E-state index is -0.248. The van der Waals surface area contributed by atoms with Gasteiger partial charge < -0.3 is 9.47 Å². The van der Waals surface area contributed by atoms with Gasteiger partial charge in [0, 0.05) is 32.0 Å². The summed E-state index contributed by atoms with van der Waals surface area (Å²) in [6.07, 6.45) is 2.97. The molecule has 180 valence electrons. The molecule has 0 aliphatic carbocycles. The molecule has 35 heavy (non-hydrogen) atoms. The van der Waals surface area contributed by atoms with Crippen molar-refractivity contribution in [2.24, 2.45) is 5.10 Å². The van der Waals surface area contributed by atoms with E-state index >= 15 is 0 Å². The van der Waals surface area contributed by atoms with Crippen LogP contribution in [0.25, 0.3) is 10.9 Å². The Hall–Kier alpha value is -2.68. The van der Waals surface area contributed by atoms with Gasteiger partial charge in [-0.25, -0.2) is 4.98 Å². The van der Waals surface area contributed by atoms with Gasteiger partial charge >= 0.3 is 0 Å². The maximum atomic E-state index is 13.3. The number of rotatable bonds is 8. The summed E-state index contributed by atoms with van der Waals surface area (Å²) in [6, 6.07) is 16.7. The summed E-state index contributed by atoms with van der Waals surface area (Å²) in [5, 5.41) is 5.46. The lowest BCUT2D eigenvalue weighted by molar-refractivity contribution is 0.284. The first kappa shape index (κ1) is 25.4. The molecule has 4 aromatic rings. The number of ether oxygens (including phenoxy) is 2. The number of halogens is 3. The summed E-state index contributed by atoms with van der Waals surface area (Å²) in [5.41, 5.74) is 1.95. The summed E-state index contributed by atoms with van der Waals surface area (Å²) in [6.45, 7) is 2.35. The molecule has 0 saturated carbocycles. The van der Waals surface area contributed by atoms with Crippen LogP contribution < -0.4 is 15.0 Å². The van der Waals surface area contributed by atoms with Crippen molar-refractivity contribution in [3.05, 3.63) is 95.9 Å². The van der Waals surface area contributed by atoms with Crippen LogP contribution in [-0.2, 0) is 13.0 Å². The lowest BCUT2D eigenvalue weighted by atomic mass is 10.2. The number of methoxy groups -OCH3 is 1. The quantitative estimate of drug-likeness (QED) is 0.199. The maximum absolute atomic E-state index is 13.3. The molecule has 0 amide bonds. The first-order valence-electron chi connectivity index (χ1n) is 10.9. The van der Waals surface area contributed by atoms with Crippen molar-refractivity contribution in [2.75, 3.05) is 7.11 Å². The Morgan fingerprint density at radius 1 is 1.09 bits per heavy atom. The zero-order valence-electron chi connectivity index (χ0n) is 19.1. The average Bonchev–Trinajstić information content (AvgIpc) is 2.84. The molecule has 0 saturated heterocycles. The number of aromatic nitrogens is 2. The maximum Gasteiger partial charge on any atom is 0.282 e. The molecule has 0 aliphatic rings. The van der Waals surface area contributed by atoms with Crippen LogP contribution in [0.5, 0.6) is 11.5 Å². The van der Waals surface area contributed by atoms with Gasteiger partial charge in [-0.05, 0) is 48.4 Å². The van der Waals surface area contributed by atoms with Crippen molar-refractivity contribution in [3.63, 3.8) is 0 Å². The van der Waals surface area contributed by atoms with Crippen molar-refractivity contribution in [3.8, 4) is 11.5 Å². The molecule has 0 aliphatic heterocycles. The highest BCUT2D eigenvalue weighted by Crippen LogP contribution is 2.34. The molecule has 0 bridgehead atoms. The third-order valence-electron chi connectivity index (χ3n) is 5.23. The van der Waals surface area contributed by atoms with Crippen LogP contribution in [0.2, 0.25) is 5.02 Å². The van der Waals surface area contributed by atoms with Crippen molar-refractivity contribution in [2.45, 2.75) is 26.4 Å². The fourth-order valence-electron chi connectivity index (χ4n) is 3.55. The Labute approximate surface area is 224 Å². The molecule has 6 nitrogen and oxygen atoms in total. The molecule has 1 aromatic heterocycles. The van der Waals surface area contributed by atoms with Gasteiger partial charge in [0.05, 0.1) is 24.2 Å². The fraction of sp³-hybridized carbons (Fsp3) is 0.192. The molecular formula is C26H22Br2ClN3O3. The highest BCUT2D eigenvalue weighted by Gasteiger charge is 2.14. The van der Waals surface area contributed by atoms with E-state index in [1.54, 1.807) is 31.5 Å². The summed E-state index contributed by atoms with van der Waals surface area (Å²) < 4.78 is 14.8. The zero-order chi connectivity index (χ0) is 24.9. The van der Waals surface area contributed by atoms with Crippen LogP contribution in [0.4, 0.5) is 0 Å². The van der Waals surface area contributed by atoms with Crippen molar-refractivity contribution < 1.29 is 9.47 Å². The predicted octanol–water partition coefficient (Wildman–Crippen LogP) is 7.00. The second kappa shape index (κ2) is 11.4. The molecular weight excluding hydrogens is 598 g/mol. The monoisotopic (exact) mass is 617 g/mol. The second-order valence-electron chi connectivity index (χ2n) is 7.74. The summed E-state index contributed by atoms with van der Waals surface area (Å²) >= 11 is 13.2. The minimum Gasteiger partial charge on any atom is -0.493 e. The molecule has 0 spiro atoms. The first-order valence-corrected chi connectivity index (χ1v) is 12.9. The lowest BCUT2D eigenvalue weighted by Gasteiger charge is -2.14. The minimum absolute atomic E-state index is 0.248. The number of nitrogens with zero attached hydrogens (tertiary/aromatic N) is 3. The summed E-state index contributed by atoms with van der Waals surface area (Å²) in [4.78, 5) is 18.0. The van der Waals surface area contributed by atoms with E-state index in [9.17, 15) is 4.79 Å². The van der Waals surface area contributed by atoms with Crippen LogP contribution in [0.15, 0.2) is 73.4 Å². The van der Waals surface area contributed by atoms with E-state index in [-0.39, 0.29) is 5.56 Å². The molecule has 0 unspecified atom stereocenters. The van der Waals surface area contributed by atoms with Gasteiger partial charge in [0.2, 0.25) is 0 Å². The van der Waals surface area contributed by atoms with Gasteiger partial charge in [0.15, 0.2) is 11.5 Å². The number of aryl methyl sites for hydroxylation is 1. The molecule has 0 radical (unpaired) electrons. The van der Waals surface area contributed by atoms with Crippen LogP contribution in [0.3, 0.4) is 0 Å². The molecule has 0 fully saturated rings. The largest absolute Gasteiger partial charge is 0.493 e. The van der Waals surface area contributed by atoms with E-state index in [0.29, 0.717) is 51.8 Å². The molecule has 4 rings (SSSR count). The first-order chi connectivity index (χ1) is 16.9. The smallest absolute Gasteiger partial charge is 0.282 e. The molecule has 0 atom stereocenters. The highest BCUT2D eigenvalue weighted by atomic mass is 79.9. The van der Waals surface area contributed by atoms with E-state index in [1.807, 2.05) is 43.3 Å². The Kier molecular flexibility index (Phi) is 8.26. The standard InChI is InChI=1S/C26H22Br2ClN3O3/c1-3-4-24-31-22-10-9-19(28)12-21(22)26(33)32(24)30-14-17-11-20(29)13-23(34-2)25(17)35-15-16-5-7-18(27)8-6-16/h5-14H,3-4,15H2,1-2H3. The lowest BCUT2D eigenvalue weighted by Crippen LogP contribution is -2.22. The summed E-state index contributed by atoms with van der Waals surface area (Å²) in [5.74, 6) is 1.53. The van der Waals surface area contributed by atoms with Gasteiger partial charge in [-0.1, -0.05) is 62.5 Å². The van der Waals surface area contributed by atoms with Gasteiger partial charge in [-0.2, -0.15) is 9.78 Å². The molecule has 3 aromatic carbocycles. The van der Waals surface area contributed by atoms with E-state index in [0.717, 1.165) is 20.9 Å². The van der Waals surface area contributed by atoms with E-state index in [4.69, 9.17) is 21.1 Å². The highest BCUT2D eigenvalue weighted by molar-refractivity contribution is 9.10. The molecule has 9 heteroatoms.